The molecule has 1 aromatic rings. The summed E-state index contributed by atoms with van der Waals surface area (Å²) >= 11 is 0. The van der Waals surface area contributed by atoms with E-state index in [2.05, 4.69) is 12.2 Å². The highest BCUT2D eigenvalue weighted by Gasteiger charge is 2.25. The molecule has 1 aliphatic heterocycles. The number of nitro groups is 1. The van der Waals surface area contributed by atoms with Crippen LogP contribution in [0.4, 0.5) is 11.4 Å². The zero-order valence-corrected chi connectivity index (χ0v) is 13.7. The fourth-order valence-corrected chi connectivity index (χ4v) is 2.67. The molecule has 0 unspecified atom stereocenters. The van der Waals surface area contributed by atoms with Crippen LogP contribution in [0.3, 0.4) is 0 Å². The first-order valence-corrected chi connectivity index (χ1v) is 7.86. The van der Waals surface area contributed by atoms with Crippen molar-refractivity contribution in [2.24, 2.45) is 5.92 Å². The second-order valence-corrected chi connectivity index (χ2v) is 6.16. The number of carbonyl (C=O) groups is 2. The van der Waals surface area contributed by atoms with Crippen LogP contribution in [-0.4, -0.2) is 41.0 Å². The van der Waals surface area contributed by atoms with Gasteiger partial charge in [-0.1, -0.05) is 6.92 Å². The first-order valence-electron chi connectivity index (χ1n) is 7.86. The Hall–Kier alpha value is -2.64. The number of anilines is 1. The highest BCUT2D eigenvalue weighted by Crippen LogP contribution is 2.32. The Kier molecular flexibility index (Phi) is 5.38. The summed E-state index contributed by atoms with van der Waals surface area (Å²) in [6, 6.07) is 3.19. The predicted octanol–water partition coefficient (Wildman–Crippen LogP) is 2.03. The fourth-order valence-electron chi connectivity index (χ4n) is 2.67. The molecule has 2 N–H and O–H groups in total. The van der Waals surface area contributed by atoms with E-state index >= 15 is 0 Å². The van der Waals surface area contributed by atoms with Crippen molar-refractivity contribution in [2.75, 3.05) is 18.0 Å². The van der Waals surface area contributed by atoms with Gasteiger partial charge in [-0.3, -0.25) is 19.7 Å². The molecule has 8 nitrogen and oxygen atoms in total. The van der Waals surface area contributed by atoms with Crippen molar-refractivity contribution in [3.63, 3.8) is 0 Å². The predicted molar refractivity (Wildman–Crippen MR) is 88.3 cm³/mol. The minimum atomic E-state index is -1.17. The van der Waals surface area contributed by atoms with Gasteiger partial charge in [0.05, 0.1) is 4.92 Å². The zero-order chi connectivity index (χ0) is 17.9. The molecule has 0 bridgehead atoms. The smallest absolute Gasteiger partial charge is 0.325 e. The van der Waals surface area contributed by atoms with Crippen molar-refractivity contribution < 1.29 is 19.6 Å². The Balaban J connectivity index is 2.25. The molecular formula is C16H21N3O5. The molecule has 0 spiro atoms. The monoisotopic (exact) mass is 335 g/mol. The molecule has 1 aliphatic rings. The summed E-state index contributed by atoms with van der Waals surface area (Å²) in [7, 11) is 0. The number of benzene rings is 1. The maximum Gasteiger partial charge on any atom is 0.325 e. The Morgan fingerprint density at radius 2 is 2.00 bits per heavy atom. The third kappa shape index (κ3) is 4.01. The van der Waals surface area contributed by atoms with Crippen LogP contribution >= 0.6 is 0 Å². The third-order valence-electron chi connectivity index (χ3n) is 4.28. The highest BCUT2D eigenvalue weighted by molar-refractivity contribution is 5.97. The lowest BCUT2D eigenvalue weighted by Crippen LogP contribution is -2.38. The molecule has 0 aromatic heterocycles. The van der Waals surface area contributed by atoms with E-state index in [1.54, 1.807) is 6.07 Å². The third-order valence-corrected chi connectivity index (χ3v) is 4.28. The van der Waals surface area contributed by atoms with E-state index in [0.717, 1.165) is 25.9 Å². The first kappa shape index (κ1) is 17.7. The number of rotatable bonds is 5. The van der Waals surface area contributed by atoms with E-state index in [0.29, 0.717) is 11.6 Å². The first-order chi connectivity index (χ1) is 11.3. The molecule has 0 saturated carbocycles. The highest BCUT2D eigenvalue weighted by atomic mass is 16.6. The average molecular weight is 335 g/mol. The summed E-state index contributed by atoms with van der Waals surface area (Å²) in [6.07, 6.45) is 1.94. The van der Waals surface area contributed by atoms with Crippen LogP contribution in [0.5, 0.6) is 0 Å². The normalized spacial score (nSPS) is 16.5. The van der Waals surface area contributed by atoms with Crippen LogP contribution in [0.1, 0.15) is 37.0 Å². The molecule has 24 heavy (non-hydrogen) atoms. The molecular weight excluding hydrogens is 314 g/mol. The number of nitrogens with one attached hydrogen (secondary N) is 1. The molecule has 0 radical (unpaired) electrons. The number of aliphatic carboxylic acids is 1. The summed E-state index contributed by atoms with van der Waals surface area (Å²) in [5.41, 5.74) is 0.429. The van der Waals surface area contributed by atoms with Gasteiger partial charge in [0, 0.05) is 24.7 Å². The lowest BCUT2D eigenvalue weighted by Gasteiger charge is -2.31. The standard InChI is InChI=1S/C16H21N3O5/c1-10-5-7-18(8-6-10)13-4-3-12(9-14(13)19(23)24)15(20)17-11(2)16(21)22/h3-4,9-11H,5-8H2,1-2H3,(H,17,20)(H,21,22)/t11-/m0/s1. The number of piperidine rings is 1. The van der Waals surface area contributed by atoms with Crippen molar-refractivity contribution in [3.8, 4) is 0 Å². The number of nitro benzene ring substituents is 1. The van der Waals surface area contributed by atoms with Gasteiger partial charge in [0.2, 0.25) is 0 Å². The van der Waals surface area contributed by atoms with Crippen LogP contribution in [0.2, 0.25) is 0 Å². The van der Waals surface area contributed by atoms with Gasteiger partial charge in [0.25, 0.3) is 11.6 Å². The van der Waals surface area contributed by atoms with E-state index < -0.39 is 22.8 Å². The van der Waals surface area contributed by atoms with E-state index in [9.17, 15) is 19.7 Å². The zero-order valence-electron chi connectivity index (χ0n) is 13.7. The van der Waals surface area contributed by atoms with Crippen molar-refractivity contribution in [1.29, 1.82) is 0 Å². The van der Waals surface area contributed by atoms with Crippen LogP contribution in [0, 0.1) is 16.0 Å². The van der Waals surface area contributed by atoms with E-state index in [1.165, 1.54) is 19.1 Å². The lowest BCUT2D eigenvalue weighted by molar-refractivity contribution is -0.384. The Morgan fingerprint density at radius 1 is 1.38 bits per heavy atom. The van der Waals surface area contributed by atoms with Crippen molar-refractivity contribution in [1.82, 2.24) is 5.32 Å². The molecule has 8 heteroatoms. The van der Waals surface area contributed by atoms with E-state index in [4.69, 9.17) is 5.11 Å². The summed E-state index contributed by atoms with van der Waals surface area (Å²) in [5, 5.41) is 22.5. The van der Waals surface area contributed by atoms with Crippen LogP contribution in [0.15, 0.2) is 18.2 Å². The quantitative estimate of drug-likeness (QED) is 0.629. The summed E-state index contributed by atoms with van der Waals surface area (Å²) in [6.45, 7) is 4.97. The van der Waals surface area contributed by atoms with Crippen molar-refractivity contribution in [3.05, 3.63) is 33.9 Å². The maximum absolute atomic E-state index is 12.1. The largest absolute Gasteiger partial charge is 0.480 e. The van der Waals surface area contributed by atoms with Crippen LogP contribution in [0.25, 0.3) is 0 Å². The van der Waals surface area contributed by atoms with Gasteiger partial charge in [-0.25, -0.2) is 0 Å². The van der Waals surface area contributed by atoms with Gasteiger partial charge in [0.1, 0.15) is 11.7 Å². The van der Waals surface area contributed by atoms with E-state index in [-0.39, 0.29) is 11.3 Å². The summed E-state index contributed by atoms with van der Waals surface area (Å²) < 4.78 is 0. The minimum absolute atomic E-state index is 0.0731. The van der Waals surface area contributed by atoms with Crippen LogP contribution in [-0.2, 0) is 4.79 Å². The van der Waals surface area contributed by atoms with Gasteiger partial charge in [-0.15, -0.1) is 0 Å². The molecule has 1 amide bonds. The minimum Gasteiger partial charge on any atom is -0.480 e. The van der Waals surface area contributed by atoms with Crippen molar-refractivity contribution >= 4 is 23.3 Å². The molecule has 1 saturated heterocycles. The Bertz CT molecular complexity index is 653. The SMILES string of the molecule is CC1CCN(c2ccc(C(=O)N[C@@H](C)C(=O)O)cc2[N+](=O)[O-])CC1. The molecule has 1 aromatic carbocycles. The number of hydrogen-bond acceptors (Lipinski definition) is 5. The van der Waals surface area contributed by atoms with Crippen LogP contribution < -0.4 is 10.2 Å². The van der Waals surface area contributed by atoms with Gasteiger partial charge in [0.15, 0.2) is 0 Å². The van der Waals surface area contributed by atoms with Gasteiger partial charge in [-0.2, -0.15) is 0 Å². The fraction of sp³-hybridized carbons (Fsp3) is 0.500. The number of carboxylic acid groups (broad SMARTS) is 1. The molecule has 1 atom stereocenters. The number of amides is 1. The average Bonchev–Trinajstić information content (AvgIpc) is 2.54. The second kappa shape index (κ2) is 7.29. The summed E-state index contributed by atoms with van der Waals surface area (Å²) in [4.78, 5) is 35.7. The topological polar surface area (TPSA) is 113 Å². The number of nitrogens with zero attached hydrogens (tertiary/aromatic N) is 2. The van der Waals surface area contributed by atoms with E-state index in [1.807, 2.05) is 4.90 Å². The number of hydrogen-bond donors (Lipinski definition) is 2. The number of carboxylic acids is 1. The molecule has 0 aliphatic carbocycles. The second-order valence-electron chi connectivity index (χ2n) is 6.16. The van der Waals surface area contributed by atoms with Gasteiger partial charge in [-0.05, 0) is 37.8 Å². The molecule has 1 fully saturated rings. The number of carbonyl (C=O) groups excluding carboxylic acids is 1. The Morgan fingerprint density at radius 3 is 2.54 bits per heavy atom. The van der Waals surface area contributed by atoms with Gasteiger partial charge < -0.3 is 15.3 Å². The van der Waals surface area contributed by atoms with Gasteiger partial charge >= 0.3 is 5.97 Å². The Labute approximate surface area is 139 Å². The summed E-state index contributed by atoms with van der Waals surface area (Å²) in [5.74, 6) is -1.22. The molecule has 1 heterocycles. The molecule has 2 rings (SSSR count). The molecule has 130 valence electrons. The maximum atomic E-state index is 12.1. The van der Waals surface area contributed by atoms with Crippen molar-refractivity contribution in [2.45, 2.75) is 32.7 Å². The lowest BCUT2D eigenvalue weighted by atomic mass is 9.98.